The predicted octanol–water partition coefficient (Wildman–Crippen LogP) is 8.72. The Morgan fingerprint density at radius 1 is 0.956 bits per heavy atom. The molecule has 0 radical (unpaired) electrons. The fourth-order valence-corrected chi connectivity index (χ4v) is 7.38. The van der Waals surface area contributed by atoms with E-state index in [2.05, 4.69) is 10.5 Å². The zero-order valence-electron chi connectivity index (χ0n) is 24.8. The first-order valence-electron chi connectivity index (χ1n) is 15.3. The maximum absolute atomic E-state index is 13.6. The molecule has 3 heterocycles. The number of benzene rings is 3. The van der Waals surface area contributed by atoms with Crippen LogP contribution in [0.15, 0.2) is 71.3 Å². The number of fused-ring (bicyclic) bond motifs is 2. The first-order valence-corrected chi connectivity index (χ1v) is 16.1. The first kappa shape index (κ1) is 29.8. The normalized spacial score (nSPS) is 20.7. The maximum atomic E-state index is 13.6. The third-order valence-electron chi connectivity index (χ3n) is 9.11. The van der Waals surface area contributed by atoms with Gasteiger partial charge in [0, 0.05) is 34.8 Å². The standard InChI is InChI=1S/C35H33Cl2N3O5/c1-43-34(41)26-15-12-22(16-27(26)20-6-3-2-4-7-20)38-35(42)40-23-13-14-24(40)18-25(17-23)44-19-28-32(39-45-33(28)21-10-11-21)31-29(36)8-5-9-30(31)37/h2-9,12,15-16,21,23-25H,10-11,13-14,17-19H2,1H3,(H,38,42)/t23-,24?,25?/m0/s1. The number of rotatable bonds is 8. The lowest BCUT2D eigenvalue weighted by Crippen LogP contribution is -2.50. The predicted molar refractivity (Wildman–Crippen MR) is 173 cm³/mol. The molecule has 2 saturated heterocycles. The van der Waals surface area contributed by atoms with Crippen molar-refractivity contribution in [2.75, 3.05) is 12.4 Å². The van der Waals surface area contributed by atoms with E-state index >= 15 is 0 Å². The van der Waals surface area contributed by atoms with Gasteiger partial charge in [-0.15, -0.1) is 0 Å². The van der Waals surface area contributed by atoms with Crippen LogP contribution in [0, 0.1) is 0 Å². The van der Waals surface area contributed by atoms with Crippen LogP contribution < -0.4 is 5.32 Å². The van der Waals surface area contributed by atoms with Gasteiger partial charge in [-0.1, -0.05) is 64.8 Å². The van der Waals surface area contributed by atoms with Crippen molar-refractivity contribution in [3.63, 3.8) is 0 Å². The molecule has 2 aliphatic heterocycles. The van der Waals surface area contributed by atoms with Crippen molar-refractivity contribution in [3.8, 4) is 22.4 Å². The summed E-state index contributed by atoms with van der Waals surface area (Å²) in [5, 5.41) is 8.51. The van der Waals surface area contributed by atoms with Crippen LogP contribution in [-0.4, -0.2) is 47.4 Å². The van der Waals surface area contributed by atoms with Gasteiger partial charge in [0.2, 0.25) is 0 Å². The van der Waals surface area contributed by atoms with E-state index in [1.54, 1.807) is 24.3 Å². The molecule has 2 unspecified atom stereocenters. The first-order chi connectivity index (χ1) is 21.9. The number of carbonyl (C=O) groups is 2. The van der Waals surface area contributed by atoms with E-state index in [9.17, 15) is 9.59 Å². The molecule has 0 spiro atoms. The van der Waals surface area contributed by atoms with E-state index in [-0.39, 0.29) is 24.2 Å². The molecule has 232 valence electrons. The Kier molecular flexibility index (Phi) is 8.29. The number of nitrogens with one attached hydrogen (secondary N) is 1. The number of hydrogen-bond acceptors (Lipinski definition) is 6. The van der Waals surface area contributed by atoms with E-state index in [4.69, 9.17) is 37.2 Å². The molecule has 7 rings (SSSR count). The summed E-state index contributed by atoms with van der Waals surface area (Å²) < 4.78 is 17.3. The van der Waals surface area contributed by atoms with Crippen LogP contribution in [-0.2, 0) is 16.1 Å². The second kappa shape index (κ2) is 12.5. The summed E-state index contributed by atoms with van der Waals surface area (Å²) in [4.78, 5) is 28.1. The van der Waals surface area contributed by atoms with Crippen LogP contribution in [0.3, 0.4) is 0 Å². The lowest BCUT2D eigenvalue weighted by atomic mass is 9.98. The number of ether oxygens (including phenoxy) is 2. The fraction of sp³-hybridized carbons (Fsp3) is 0.343. The number of halogens is 2. The molecular formula is C35H33Cl2N3O5. The average Bonchev–Trinajstić information content (AvgIpc) is 3.75. The van der Waals surface area contributed by atoms with Crippen molar-refractivity contribution in [2.24, 2.45) is 0 Å². The van der Waals surface area contributed by atoms with Gasteiger partial charge < -0.3 is 24.2 Å². The molecule has 45 heavy (non-hydrogen) atoms. The van der Waals surface area contributed by atoms with E-state index < -0.39 is 5.97 Å². The van der Waals surface area contributed by atoms with Crippen molar-refractivity contribution < 1.29 is 23.6 Å². The number of hydrogen-bond donors (Lipinski definition) is 1. The van der Waals surface area contributed by atoms with Gasteiger partial charge in [0.1, 0.15) is 11.5 Å². The van der Waals surface area contributed by atoms with E-state index in [1.807, 2.05) is 47.4 Å². The van der Waals surface area contributed by atoms with Crippen LogP contribution in [0.1, 0.15) is 66.1 Å². The Labute approximate surface area is 271 Å². The van der Waals surface area contributed by atoms with Crippen LogP contribution in [0.5, 0.6) is 0 Å². The highest BCUT2D eigenvalue weighted by atomic mass is 35.5. The fourth-order valence-electron chi connectivity index (χ4n) is 6.80. The number of urea groups is 1. The van der Waals surface area contributed by atoms with Gasteiger partial charge >= 0.3 is 12.0 Å². The molecular weight excluding hydrogens is 613 g/mol. The van der Waals surface area contributed by atoms with Gasteiger partial charge in [-0.2, -0.15) is 0 Å². The Hall–Kier alpha value is -3.85. The Morgan fingerprint density at radius 2 is 1.67 bits per heavy atom. The van der Waals surface area contributed by atoms with Crippen molar-refractivity contribution in [1.29, 1.82) is 0 Å². The van der Waals surface area contributed by atoms with Crippen LogP contribution in [0.25, 0.3) is 22.4 Å². The number of amides is 2. The Bertz CT molecular complexity index is 1700. The minimum atomic E-state index is -0.426. The van der Waals surface area contributed by atoms with E-state index in [0.29, 0.717) is 50.6 Å². The van der Waals surface area contributed by atoms with Crippen LogP contribution in [0.4, 0.5) is 10.5 Å². The van der Waals surface area contributed by atoms with Gasteiger partial charge in [0.25, 0.3) is 0 Å². The van der Waals surface area contributed by atoms with Crippen LogP contribution in [0.2, 0.25) is 10.0 Å². The monoisotopic (exact) mass is 645 g/mol. The molecule has 1 aromatic heterocycles. The number of carbonyl (C=O) groups excluding carboxylic acids is 2. The highest BCUT2D eigenvalue weighted by Crippen LogP contribution is 2.46. The largest absolute Gasteiger partial charge is 0.465 e. The van der Waals surface area contributed by atoms with E-state index in [0.717, 1.165) is 55.4 Å². The zero-order valence-corrected chi connectivity index (χ0v) is 26.3. The maximum Gasteiger partial charge on any atom is 0.338 e. The molecule has 2 bridgehead atoms. The molecule has 3 atom stereocenters. The van der Waals surface area contributed by atoms with Crippen molar-refractivity contribution in [3.05, 3.63) is 93.7 Å². The SMILES string of the molecule is COC(=O)c1ccc(NC(=O)N2C3CC[C@H]2CC(OCc2c(-c4c(Cl)cccc4Cl)noc2C2CC2)C3)cc1-c1ccccc1. The molecule has 1 saturated carbocycles. The van der Waals surface area contributed by atoms with Gasteiger partial charge in [0.05, 0.1) is 35.4 Å². The second-order valence-corrected chi connectivity index (χ2v) is 12.8. The quantitative estimate of drug-likeness (QED) is 0.193. The number of esters is 1. The third-order valence-corrected chi connectivity index (χ3v) is 9.74. The third kappa shape index (κ3) is 5.94. The number of anilines is 1. The van der Waals surface area contributed by atoms with Gasteiger partial charge in [-0.05, 0) is 80.0 Å². The molecule has 1 N–H and O–H groups in total. The summed E-state index contributed by atoms with van der Waals surface area (Å²) in [6, 6.07) is 20.3. The van der Waals surface area contributed by atoms with Crippen LogP contribution >= 0.6 is 23.2 Å². The van der Waals surface area contributed by atoms with Gasteiger partial charge in [-0.3, -0.25) is 0 Å². The summed E-state index contributed by atoms with van der Waals surface area (Å²) in [6.07, 6.45) is 5.46. The van der Waals surface area contributed by atoms with Crippen molar-refractivity contribution in [1.82, 2.24) is 10.1 Å². The zero-order chi connectivity index (χ0) is 31.1. The lowest BCUT2D eigenvalue weighted by Gasteiger charge is -2.38. The molecule has 3 aromatic carbocycles. The summed E-state index contributed by atoms with van der Waals surface area (Å²) in [7, 11) is 1.36. The summed E-state index contributed by atoms with van der Waals surface area (Å²) >= 11 is 13.1. The number of aromatic nitrogens is 1. The number of piperidine rings is 1. The second-order valence-electron chi connectivity index (χ2n) is 12.0. The lowest BCUT2D eigenvalue weighted by molar-refractivity contribution is -0.0158. The van der Waals surface area contributed by atoms with Gasteiger partial charge in [-0.25, -0.2) is 9.59 Å². The molecule has 3 fully saturated rings. The minimum Gasteiger partial charge on any atom is -0.465 e. The molecule has 3 aliphatic rings. The number of nitrogens with zero attached hydrogens (tertiary/aromatic N) is 2. The smallest absolute Gasteiger partial charge is 0.338 e. The number of methoxy groups -OCH3 is 1. The molecule has 8 nitrogen and oxygen atoms in total. The highest BCUT2D eigenvalue weighted by molar-refractivity contribution is 6.39. The summed E-state index contributed by atoms with van der Waals surface area (Å²) in [5.41, 5.74) is 4.84. The Balaban J connectivity index is 1.05. The molecule has 2 amide bonds. The highest BCUT2D eigenvalue weighted by Gasteiger charge is 2.44. The minimum absolute atomic E-state index is 0.00732. The molecule has 4 aromatic rings. The molecule has 1 aliphatic carbocycles. The van der Waals surface area contributed by atoms with Crippen molar-refractivity contribution in [2.45, 2.75) is 69.2 Å². The van der Waals surface area contributed by atoms with Gasteiger partial charge in [0.15, 0.2) is 0 Å². The van der Waals surface area contributed by atoms with Crippen molar-refractivity contribution >= 4 is 40.9 Å². The Morgan fingerprint density at radius 3 is 2.33 bits per heavy atom. The average molecular weight is 647 g/mol. The summed E-state index contributed by atoms with van der Waals surface area (Å²) in [6.45, 7) is 0.345. The molecule has 10 heteroatoms. The van der Waals surface area contributed by atoms with E-state index in [1.165, 1.54) is 7.11 Å². The topological polar surface area (TPSA) is 93.9 Å². The summed E-state index contributed by atoms with van der Waals surface area (Å²) in [5.74, 6) is 0.773.